The van der Waals surface area contributed by atoms with Gasteiger partial charge in [-0.15, -0.1) is 0 Å². The highest BCUT2D eigenvalue weighted by atomic mass is 32.2. The highest BCUT2D eigenvalue weighted by Gasteiger charge is 2.05. The van der Waals surface area contributed by atoms with Crippen LogP contribution in [0.1, 0.15) is 12.0 Å². The Bertz CT molecular complexity index is 418. The number of nitrogens with one attached hydrogen (secondary N) is 1. The van der Waals surface area contributed by atoms with Crippen molar-refractivity contribution >= 4 is 28.1 Å². The van der Waals surface area contributed by atoms with Gasteiger partial charge in [0.25, 0.3) is 0 Å². The van der Waals surface area contributed by atoms with Crippen molar-refractivity contribution < 1.29 is 9.00 Å². The zero-order valence-corrected chi connectivity index (χ0v) is 10.3. The molecule has 4 nitrogen and oxygen atoms in total. The third-order valence-electron chi connectivity index (χ3n) is 2.14. The molecule has 1 unspecified atom stereocenters. The smallest absolute Gasteiger partial charge is 0.225 e. The molecule has 0 radical (unpaired) electrons. The quantitative estimate of drug-likeness (QED) is 0.779. The molecule has 1 aromatic carbocycles. The van der Waals surface area contributed by atoms with Gasteiger partial charge in [0.05, 0.1) is 0 Å². The van der Waals surface area contributed by atoms with Gasteiger partial charge in [-0.05, 0) is 30.7 Å². The summed E-state index contributed by atoms with van der Waals surface area (Å²) in [6.07, 6.45) is 1.86. The van der Waals surface area contributed by atoms with E-state index in [1.54, 1.807) is 24.5 Å². The van der Waals surface area contributed by atoms with E-state index in [1.807, 2.05) is 6.92 Å². The molecule has 5 heteroatoms. The monoisotopic (exact) mass is 240 g/mol. The third kappa shape index (κ3) is 4.02. The molecule has 1 atom stereocenters. The zero-order chi connectivity index (χ0) is 12.1. The summed E-state index contributed by atoms with van der Waals surface area (Å²) in [4.78, 5) is 11.5. The van der Waals surface area contributed by atoms with E-state index >= 15 is 0 Å². The van der Waals surface area contributed by atoms with Crippen LogP contribution in [0.4, 0.5) is 11.4 Å². The molecule has 0 aromatic heterocycles. The van der Waals surface area contributed by atoms with Crippen molar-refractivity contribution in [2.45, 2.75) is 13.3 Å². The molecule has 0 spiro atoms. The second-order valence-electron chi connectivity index (χ2n) is 3.65. The standard InChI is InChI=1S/C11H16N2O2S/c1-8-7-9(12)3-4-10(8)13-11(14)5-6-16(2)15/h3-4,7H,5-6,12H2,1-2H3,(H,13,14). The number of benzene rings is 1. The molecule has 1 aromatic rings. The lowest BCUT2D eigenvalue weighted by atomic mass is 10.2. The van der Waals surface area contributed by atoms with Crippen molar-refractivity contribution in [3.8, 4) is 0 Å². The second-order valence-corrected chi connectivity index (χ2v) is 5.20. The minimum Gasteiger partial charge on any atom is -0.399 e. The van der Waals surface area contributed by atoms with Crippen molar-refractivity contribution in [2.24, 2.45) is 0 Å². The number of carbonyl (C=O) groups excluding carboxylic acids is 1. The Morgan fingerprint density at radius 3 is 2.75 bits per heavy atom. The van der Waals surface area contributed by atoms with Crippen molar-refractivity contribution in [3.05, 3.63) is 23.8 Å². The van der Waals surface area contributed by atoms with Gasteiger partial charge >= 0.3 is 0 Å². The average Bonchev–Trinajstić information content (AvgIpc) is 2.19. The predicted octanol–water partition coefficient (Wildman–Crippen LogP) is 1.28. The molecule has 1 amide bonds. The summed E-state index contributed by atoms with van der Waals surface area (Å²) in [5.74, 6) is 0.267. The number of hydrogen-bond donors (Lipinski definition) is 2. The lowest BCUT2D eigenvalue weighted by Gasteiger charge is -2.08. The predicted molar refractivity (Wildman–Crippen MR) is 67.8 cm³/mol. The van der Waals surface area contributed by atoms with Crippen LogP contribution in [0.3, 0.4) is 0 Å². The van der Waals surface area contributed by atoms with Crippen molar-refractivity contribution in [1.29, 1.82) is 0 Å². The number of rotatable bonds is 4. The summed E-state index contributed by atoms with van der Waals surface area (Å²) in [6, 6.07) is 5.31. The van der Waals surface area contributed by atoms with Crippen LogP contribution in [0, 0.1) is 6.92 Å². The maximum atomic E-state index is 11.5. The zero-order valence-electron chi connectivity index (χ0n) is 9.45. The Balaban J connectivity index is 2.59. The van der Waals surface area contributed by atoms with Gasteiger partial charge in [0.2, 0.25) is 5.91 Å². The van der Waals surface area contributed by atoms with Gasteiger partial charge in [-0.2, -0.15) is 0 Å². The number of amides is 1. The molecule has 1 rings (SSSR count). The summed E-state index contributed by atoms with van der Waals surface area (Å²) >= 11 is 0. The number of aryl methyl sites for hydroxylation is 1. The number of hydrogen-bond acceptors (Lipinski definition) is 3. The molecule has 0 aliphatic carbocycles. The van der Waals surface area contributed by atoms with Crippen molar-refractivity contribution in [2.75, 3.05) is 23.1 Å². The molecule has 0 heterocycles. The van der Waals surface area contributed by atoms with Crippen LogP contribution in [0.2, 0.25) is 0 Å². The Morgan fingerprint density at radius 1 is 1.50 bits per heavy atom. The van der Waals surface area contributed by atoms with E-state index in [0.29, 0.717) is 11.4 Å². The van der Waals surface area contributed by atoms with Crippen LogP contribution in [0.5, 0.6) is 0 Å². The SMILES string of the molecule is Cc1cc(N)ccc1NC(=O)CCS(C)=O. The van der Waals surface area contributed by atoms with Gasteiger partial charge in [0.1, 0.15) is 0 Å². The molecule has 0 fully saturated rings. The lowest BCUT2D eigenvalue weighted by molar-refractivity contribution is -0.115. The fraction of sp³-hybridized carbons (Fsp3) is 0.364. The highest BCUT2D eigenvalue weighted by Crippen LogP contribution is 2.17. The molecule has 0 bridgehead atoms. The van der Waals surface area contributed by atoms with E-state index in [0.717, 1.165) is 11.3 Å². The molecular weight excluding hydrogens is 224 g/mol. The first-order valence-electron chi connectivity index (χ1n) is 4.95. The highest BCUT2D eigenvalue weighted by molar-refractivity contribution is 7.84. The van der Waals surface area contributed by atoms with Crippen molar-refractivity contribution in [3.63, 3.8) is 0 Å². The van der Waals surface area contributed by atoms with Crippen LogP contribution in [0.25, 0.3) is 0 Å². The van der Waals surface area contributed by atoms with Gasteiger partial charge in [0, 0.05) is 40.6 Å². The lowest BCUT2D eigenvalue weighted by Crippen LogP contribution is -2.15. The number of nitrogens with two attached hydrogens (primary N) is 1. The first kappa shape index (κ1) is 12.7. The Labute approximate surface area is 97.7 Å². The largest absolute Gasteiger partial charge is 0.399 e. The maximum absolute atomic E-state index is 11.5. The summed E-state index contributed by atoms with van der Waals surface area (Å²) in [5.41, 5.74) is 7.95. The van der Waals surface area contributed by atoms with Gasteiger partial charge < -0.3 is 11.1 Å². The molecule has 0 saturated heterocycles. The molecule has 0 saturated carbocycles. The molecule has 0 aliphatic heterocycles. The molecule has 3 N–H and O–H groups in total. The Kier molecular flexibility index (Phi) is 4.49. The first-order chi connectivity index (χ1) is 7.49. The van der Waals surface area contributed by atoms with E-state index in [4.69, 9.17) is 5.73 Å². The summed E-state index contributed by atoms with van der Waals surface area (Å²) in [5, 5.41) is 2.76. The number of anilines is 2. The van der Waals surface area contributed by atoms with E-state index in [-0.39, 0.29) is 12.3 Å². The van der Waals surface area contributed by atoms with Crippen LogP contribution in [-0.4, -0.2) is 22.1 Å². The van der Waals surface area contributed by atoms with E-state index < -0.39 is 10.8 Å². The Morgan fingerprint density at radius 2 is 2.19 bits per heavy atom. The number of carbonyl (C=O) groups is 1. The molecule has 0 aliphatic rings. The summed E-state index contributed by atoms with van der Waals surface area (Å²) in [6.45, 7) is 1.88. The van der Waals surface area contributed by atoms with Crippen LogP contribution >= 0.6 is 0 Å². The van der Waals surface area contributed by atoms with Gasteiger partial charge in [-0.1, -0.05) is 0 Å². The maximum Gasteiger partial charge on any atom is 0.225 e. The fourth-order valence-electron chi connectivity index (χ4n) is 1.28. The Hall–Kier alpha value is -1.36. The minimum atomic E-state index is -0.934. The normalized spacial score (nSPS) is 12.1. The fourth-order valence-corrected chi connectivity index (χ4v) is 1.75. The van der Waals surface area contributed by atoms with Gasteiger partial charge in [0.15, 0.2) is 0 Å². The second kappa shape index (κ2) is 5.65. The number of nitrogen functional groups attached to an aromatic ring is 1. The minimum absolute atomic E-state index is 0.122. The van der Waals surface area contributed by atoms with E-state index in [1.165, 1.54) is 0 Å². The summed E-state index contributed by atoms with van der Waals surface area (Å²) in [7, 11) is -0.934. The van der Waals surface area contributed by atoms with E-state index in [2.05, 4.69) is 5.32 Å². The van der Waals surface area contributed by atoms with Crippen LogP contribution in [-0.2, 0) is 15.6 Å². The van der Waals surface area contributed by atoms with Crippen LogP contribution in [0.15, 0.2) is 18.2 Å². The molecule has 88 valence electrons. The first-order valence-corrected chi connectivity index (χ1v) is 6.68. The summed E-state index contributed by atoms with van der Waals surface area (Å²) < 4.78 is 10.8. The van der Waals surface area contributed by atoms with E-state index in [9.17, 15) is 9.00 Å². The van der Waals surface area contributed by atoms with Gasteiger partial charge in [-0.3, -0.25) is 9.00 Å². The molecular formula is C11H16N2O2S. The third-order valence-corrected chi connectivity index (χ3v) is 2.92. The topological polar surface area (TPSA) is 72.2 Å². The van der Waals surface area contributed by atoms with Gasteiger partial charge in [-0.25, -0.2) is 0 Å². The average molecular weight is 240 g/mol. The molecule has 16 heavy (non-hydrogen) atoms. The van der Waals surface area contributed by atoms with Crippen molar-refractivity contribution in [1.82, 2.24) is 0 Å². The van der Waals surface area contributed by atoms with Crippen LogP contribution < -0.4 is 11.1 Å².